The number of likely N-dealkylation sites (tertiary alicyclic amines) is 1. The molecule has 98 valence electrons. The molecule has 18 heavy (non-hydrogen) atoms. The van der Waals surface area contributed by atoms with E-state index in [2.05, 4.69) is 30.1 Å². The number of likely N-dealkylation sites (N-methyl/N-ethyl adjacent to an activating group) is 1. The molecule has 1 aromatic carbocycles. The molecule has 2 fully saturated rings. The molecule has 2 aliphatic rings. The topological polar surface area (TPSA) is 38.5 Å². The molecule has 1 aliphatic carbocycles. The van der Waals surface area contributed by atoms with E-state index in [0.29, 0.717) is 6.10 Å². The Morgan fingerprint density at radius 3 is 2.56 bits per heavy atom. The third-order valence-electron chi connectivity index (χ3n) is 4.24. The fourth-order valence-corrected chi connectivity index (χ4v) is 3.15. The average Bonchev–Trinajstić information content (AvgIpc) is 2.76. The first kappa shape index (κ1) is 12.0. The Morgan fingerprint density at radius 1 is 1.22 bits per heavy atom. The van der Waals surface area contributed by atoms with Crippen LogP contribution in [0.25, 0.3) is 0 Å². The molecule has 0 radical (unpaired) electrons. The van der Waals surface area contributed by atoms with Crippen LogP contribution >= 0.6 is 0 Å². The Balaban J connectivity index is 1.81. The highest BCUT2D eigenvalue weighted by atomic mass is 16.5. The van der Waals surface area contributed by atoms with Crippen LogP contribution in [-0.2, 0) is 5.54 Å². The van der Waals surface area contributed by atoms with Crippen LogP contribution in [0.3, 0.4) is 0 Å². The van der Waals surface area contributed by atoms with Crippen molar-refractivity contribution < 1.29 is 4.74 Å². The van der Waals surface area contributed by atoms with E-state index in [-0.39, 0.29) is 5.54 Å². The van der Waals surface area contributed by atoms with Gasteiger partial charge in [-0.25, -0.2) is 0 Å². The second kappa shape index (κ2) is 4.56. The molecular formula is C15H22N2O. The Morgan fingerprint density at radius 2 is 1.89 bits per heavy atom. The Labute approximate surface area is 109 Å². The van der Waals surface area contributed by atoms with Crippen LogP contribution in [0.4, 0.5) is 0 Å². The lowest BCUT2D eigenvalue weighted by Crippen LogP contribution is -2.51. The highest BCUT2D eigenvalue weighted by Gasteiger charge is 2.35. The van der Waals surface area contributed by atoms with Gasteiger partial charge in [0.15, 0.2) is 0 Å². The second-order valence-electron chi connectivity index (χ2n) is 5.82. The Kier molecular flexibility index (Phi) is 3.04. The third kappa shape index (κ3) is 2.13. The minimum atomic E-state index is -0.160. The number of para-hydroxylation sites is 1. The third-order valence-corrected chi connectivity index (χ3v) is 4.24. The average molecular weight is 246 g/mol. The van der Waals surface area contributed by atoms with Crippen LogP contribution in [0.2, 0.25) is 0 Å². The summed E-state index contributed by atoms with van der Waals surface area (Å²) in [7, 11) is 2.12. The van der Waals surface area contributed by atoms with Crippen molar-refractivity contribution in [1.29, 1.82) is 0 Å². The lowest BCUT2D eigenvalue weighted by molar-refractivity contribution is 0.0373. The van der Waals surface area contributed by atoms with Gasteiger partial charge >= 0.3 is 0 Å². The molecule has 0 bridgehead atoms. The molecule has 0 unspecified atom stereocenters. The van der Waals surface area contributed by atoms with Crippen molar-refractivity contribution in [2.75, 3.05) is 20.1 Å². The highest BCUT2D eigenvalue weighted by Crippen LogP contribution is 2.40. The number of rotatable bonds is 3. The minimum absolute atomic E-state index is 0.160. The number of nitrogens with zero attached hydrogens (tertiary/aromatic N) is 1. The molecule has 1 saturated heterocycles. The standard InChI is InChI=1S/C15H22N2O/c1-17-10-12(11-17)18-14-7-3-2-6-13(14)15(16)8-4-5-9-15/h2-3,6-7,12H,4-5,8-11,16H2,1H3. The van der Waals surface area contributed by atoms with E-state index in [1.165, 1.54) is 18.4 Å². The summed E-state index contributed by atoms with van der Waals surface area (Å²) in [4.78, 5) is 2.26. The van der Waals surface area contributed by atoms with Gasteiger partial charge < -0.3 is 10.5 Å². The maximum atomic E-state index is 6.55. The molecule has 1 aromatic rings. The van der Waals surface area contributed by atoms with Crippen molar-refractivity contribution in [1.82, 2.24) is 4.90 Å². The van der Waals surface area contributed by atoms with Gasteiger partial charge in [-0.3, -0.25) is 4.90 Å². The predicted molar refractivity (Wildman–Crippen MR) is 72.7 cm³/mol. The van der Waals surface area contributed by atoms with Gasteiger partial charge in [-0.2, -0.15) is 0 Å². The first-order chi connectivity index (χ1) is 8.67. The fraction of sp³-hybridized carbons (Fsp3) is 0.600. The van der Waals surface area contributed by atoms with Crippen molar-refractivity contribution >= 4 is 0 Å². The minimum Gasteiger partial charge on any atom is -0.487 e. The van der Waals surface area contributed by atoms with Crippen LogP contribution in [0, 0.1) is 0 Å². The van der Waals surface area contributed by atoms with E-state index in [1.807, 2.05) is 6.07 Å². The summed E-state index contributed by atoms with van der Waals surface area (Å²) in [5.74, 6) is 1.00. The summed E-state index contributed by atoms with van der Waals surface area (Å²) in [6, 6.07) is 8.32. The van der Waals surface area contributed by atoms with Gasteiger partial charge in [0, 0.05) is 24.2 Å². The molecule has 1 saturated carbocycles. The van der Waals surface area contributed by atoms with Crippen LogP contribution in [-0.4, -0.2) is 31.1 Å². The molecule has 1 aliphatic heterocycles. The molecule has 1 heterocycles. The summed E-state index contributed by atoms with van der Waals surface area (Å²) in [5.41, 5.74) is 7.60. The van der Waals surface area contributed by atoms with Gasteiger partial charge in [0.1, 0.15) is 11.9 Å². The number of ether oxygens (including phenoxy) is 1. The van der Waals surface area contributed by atoms with Gasteiger partial charge in [0.2, 0.25) is 0 Å². The first-order valence-electron chi connectivity index (χ1n) is 6.91. The largest absolute Gasteiger partial charge is 0.487 e. The van der Waals surface area contributed by atoms with E-state index in [1.54, 1.807) is 0 Å². The van der Waals surface area contributed by atoms with Crippen LogP contribution < -0.4 is 10.5 Å². The maximum absolute atomic E-state index is 6.55. The summed E-state index contributed by atoms with van der Waals surface area (Å²) < 4.78 is 6.11. The molecule has 2 N–H and O–H groups in total. The van der Waals surface area contributed by atoms with Gasteiger partial charge in [0.25, 0.3) is 0 Å². The summed E-state index contributed by atoms with van der Waals surface area (Å²) >= 11 is 0. The molecule has 0 atom stereocenters. The van der Waals surface area contributed by atoms with Gasteiger partial charge in [0.05, 0.1) is 0 Å². The van der Waals surface area contributed by atoms with E-state index in [0.717, 1.165) is 31.7 Å². The molecule has 0 aromatic heterocycles. The quantitative estimate of drug-likeness (QED) is 0.887. The fourth-order valence-electron chi connectivity index (χ4n) is 3.15. The zero-order chi connectivity index (χ0) is 12.6. The molecule has 0 amide bonds. The van der Waals surface area contributed by atoms with Gasteiger partial charge in [-0.15, -0.1) is 0 Å². The molecule has 3 heteroatoms. The van der Waals surface area contributed by atoms with Gasteiger partial charge in [-0.05, 0) is 26.0 Å². The van der Waals surface area contributed by atoms with E-state index >= 15 is 0 Å². The zero-order valence-corrected chi connectivity index (χ0v) is 11.1. The number of hydrogen-bond acceptors (Lipinski definition) is 3. The normalized spacial score (nSPS) is 23.9. The van der Waals surface area contributed by atoms with Crippen molar-refractivity contribution in [2.45, 2.75) is 37.3 Å². The monoisotopic (exact) mass is 246 g/mol. The van der Waals surface area contributed by atoms with Crippen LogP contribution in [0.5, 0.6) is 5.75 Å². The maximum Gasteiger partial charge on any atom is 0.124 e. The van der Waals surface area contributed by atoms with Crippen molar-refractivity contribution in [2.24, 2.45) is 5.73 Å². The smallest absolute Gasteiger partial charge is 0.124 e. The van der Waals surface area contributed by atoms with Crippen LogP contribution in [0.15, 0.2) is 24.3 Å². The molecular weight excluding hydrogens is 224 g/mol. The van der Waals surface area contributed by atoms with Crippen molar-refractivity contribution in [3.8, 4) is 5.75 Å². The van der Waals surface area contributed by atoms with Crippen molar-refractivity contribution in [3.63, 3.8) is 0 Å². The summed E-state index contributed by atoms with van der Waals surface area (Å²) in [5, 5.41) is 0. The lowest BCUT2D eigenvalue weighted by Gasteiger charge is -2.37. The first-order valence-corrected chi connectivity index (χ1v) is 6.91. The molecule has 3 rings (SSSR count). The number of nitrogens with two attached hydrogens (primary N) is 1. The second-order valence-corrected chi connectivity index (χ2v) is 5.82. The summed E-state index contributed by atoms with van der Waals surface area (Å²) in [6.07, 6.45) is 4.96. The Hall–Kier alpha value is -1.06. The summed E-state index contributed by atoms with van der Waals surface area (Å²) in [6.45, 7) is 2.04. The molecule has 0 spiro atoms. The predicted octanol–water partition coefficient (Wildman–Crippen LogP) is 2.11. The van der Waals surface area contributed by atoms with E-state index < -0.39 is 0 Å². The lowest BCUT2D eigenvalue weighted by atomic mass is 9.88. The van der Waals surface area contributed by atoms with E-state index in [9.17, 15) is 0 Å². The SMILES string of the molecule is CN1CC(Oc2ccccc2C2(N)CCCC2)C1. The van der Waals surface area contributed by atoms with E-state index in [4.69, 9.17) is 10.5 Å². The number of hydrogen-bond donors (Lipinski definition) is 1. The molecule has 3 nitrogen and oxygen atoms in total. The number of benzene rings is 1. The zero-order valence-electron chi connectivity index (χ0n) is 11.1. The highest BCUT2D eigenvalue weighted by molar-refractivity contribution is 5.39. The van der Waals surface area contributed by atoms with Crippen molar-refractivity contribution in [3.05, 3.63) is 29.8 Å². The Bertz CT molecular complexity index is 420. The van der Waals surface area contributed by atoms with Gasteiger partial charge in [-0.1, -0.05) is 31.0 Å². The van der Waals surface area contributed by atoms with Crippen LogP contribution in [0.1, 0.15) is 31.2 Å².